The van der Waals surface area contributed by atoms with Crippen LogP contribution in [0.5, 0.6) is 0 Å². The first-order valence-corrected chi connectivity index (χ1v) is 7.48. The van der Waals surface area contributed by atoms with E-state index in [0.717, 1.165) is 19.4 Å². The van der Waals surface area contributed by atoms with Gasteiger partial charge in [-0.25, -0.2) is 0 Å². The average molecular weight is 288 g/mol. The lowest BCUT2D eigenvalue weighted by atomic mass is 10.2. The molecule has 112 valence electrons. The van der Waals surface area contributed by atoms with Crippen LogP contribution in [0.4, 0.5) is 0 Å². The standard InChI is InChI=1S/C15H20N4O2/c20-14(12-4-1-2-6-16-12)18-8-10-19(11-9-18)15(21)13-5-3-7-17-13/h1-2,4,6,13,17H,3,5,7-11H2. The highest BCUT2D eigenvalue weighted by Crippen LogP contribution is 2.12. The number of carbonyl (C=O) groups excluding carboxylic acids is 2. The van der Waals surface area contributed by atoms with Gasteiger partial charge in [0, 0.05) is 32.4 Å². The molecule has 0 radical (unpaired) electrons. The quantitative estimate of drug-likeness (QED) is 0.839. The van der Waals surface area contributed by atoms with Gasteiger partial charge in [-0.1, -0.05) is 6.07 Å². The summed E-state index contributed by atoms with van der Waals surface area (Å²) < 4.78 is 0. The third kappa shape index (κ3) is 3.05. The molecule has 1 unspecified atom stereocenters. The van der Waals surface area contributed by atoms with Crippen molar-refractivity contribution >= 4 is 11.8 Å². The van der Waals surface area contributed by atoms with Gasteiger partial charge in [-0.05, 0) is 31.5 Å². The molecular formula is C15H20N4O2. The van der Waals surface area contributed by atoms with Crippen LogP contribution in [0.25, 0.3) is 0 Å². The van der Waals surface area contributed by atoms with Crippen molar-refractivity contribution in [3.05, 3.63) is 30.1 Å². The molecule has 2 fully saturated rings. The Labute approximate surface area is 124 Å². The van der Waals surface area contributed by atoms with Crippen molar-refractivity contribution in [2.75, 3.05) is 32.7 Å². The van der Waals surface area contributed by atoms with E-state index in [1.54, 1.807) is 23.2 Å². The Kier molecular flexibility index (Phi) is 4.15. The number of carbonyl (C=O) groups is 2. The average Bonchev–Trinajstić information content (AvgIpc) is 3.09. The molecular weight excluding hydrogens is 268 g/mol. The normalized spacial score (nSPS) is 22.4. The Bertz CT molecular complexity index is 506. The predicted molar refractivity (Wildman–Crippen MR) is 77.7 cm³/mol. The highest BCUT2D eigenvalue weighted by atomic mass is 16.2. The maximum absolute atomic E-state index is 12.3. The van der Waals surface area contributed by atoms with E-state index in [1.807, 2.05) is 11.0 Å². The fraction of sp³-hybridized carbons (Fsp3) is 0.533. The molecule has 21 heavy (non-hydrogen) atoms. The van der Waals surface area contributed by atoms with Gasteiger partial charge in [0.2, 0.25) is 5.91 Å². The summed E-state index contributed by atoms with van der Waals surface area (Å²) in [5, 5.41) is 3.23. The molecule has 0 aromatic carbocycles. The topological polar surface area (TPSA) is 65.5 Å². The molecule has 1 N–H and O–H groups in total. The van der Waals surface area contributed by atoms with Gasteiger partial charge in [-0.15, -0.1) is 0 Å². The molecule has 3 rings (SSSR count). The van der Waals surface area contributed by atoms with Crippen LogP contribution in [-0.2, 0) is 4.79 Å². The summed E-state index contributed by atoms with van der Waals surface area (Å²) in [4.78, 5) is 32.3. The molecule has 0 spiro atoms. The number of amides is 2. The highest BCUT2D eigenvalue weighted by molar-refractivity contribution is 5.92. The highest BCUT2D eigenvalue weighted by Gasteiger charge is 2.30. The van der Waals surface area contributed by atoms with Gasteiger partial charge in [0.25, 0.3) is 5.91 Å². The molecule has 1 atom stereocenters. The number of pyridine rings is 1. The van der Waals surface area contributed by atoms with E-state index in [2.05, 4.69) is 10.3 Å². The fourth-order valence-corrected chi connectivity index (χ4v) is 2.90. The number of piperazine rings is 1. The Morgan fingerprint density at radius 3 is 2.52 bits per heavy atom. The van der Waals surface area contributed by atoms with Crippen LogP contribution in [0, 0.1) is 0 Å². The van der Waals surface area contributed by atoms with Crippen molar-refractivity contribution in [3.63, 3.8) is 0 Å². The second-order valence-corrected chi connectivity index (χ2v) is 5.48. The van der Waals surface area contributed by atoms with Crippen LogP contribution in [0.15, 0.2) is 24.4 Å². The van der Waals surface area contributed by atoms with Crippen LogP contribution in [-0.4, -0.2) is 65.4 Å². The van der Waals surface area contributed by atoms with Crippen LogP contribution in [0.1, 0.15) is 23.3 Å². The lowest BCUT2D eigenvalue weighted by Gasteiger charge is -2.35. The van der Waals surface area contributed by atoms with Crippen LogP contribution < -0.4 is 5.32 Å². The zero-order valence-electron chi connectivity index (χ0n) is 12.0. The lowest BCUT2D eigenvalue weighted by Crippen LogP contribution is -2.54. The first kappa shape index (κ1) is 14.0. The number of nitrogens with zero attached hydrogens (tertiary/aromatic N) is 3. The minimum Gasteiger partial charge on any atom is -0.338 e. The Hall–Kier alpha value is -1.95. The minimum absolute atomic E-state index is 0.0250. The second kappa shape index (κ2) is 6.22. The van der Waals surface area contributed by atoms with E-state index in [9.17, 15) is 9.59 Å². The van der Waals surface area contributed by atoms with Crippen molar-refractivity contribution in [1.82, 2.24) is 20.1 Å². The Morgan fingerprint density at radius 1 is 1.14 bits per heavy atom. The molecule has 3 heterocycles. The van der Waals surface area contributed by atoms with Crippen molar-refractivity contribution < 1.29 is 9.59 Å². The van der Waals surface area contributed by atoms with Gasteiger partial charge in [-0.2, -0.15) is 0 Å². The van der Waals surface area contributed by atoms with E-state index in [1.165, 1.54) is 0 Å². The summed E-state index contributed by atoms with van der Waals surface area (Å²) in [5.74, 6) is 0.124. The number of nitrogens with one attached hydrogen (secondary N) is 1. The molecule has 0 bridgehead atoms. The van der Waals surface area contributed by atoms with Gasteiger partial charge in [-0.3, -0.25) is 14.6 Å². The van der Waals surface area contributed by atoms with Crippen molar-refractivity contribution in [2.24, 2.45) is 0 Å². The number of aromatic nitrogens is 1. The van der Waals surface area contributed by atoms with Gasteiger partial charge < -0.3 is 15.1 Å². The zero-order chi connectivity index (χ0) is 14.7. The van der Waals surface area contributed by atoms with Crippen LogP contribution >= 0.6 is 0 Å². The van der Waals surface area contributed by atoms with Gasteiger partial charge >= 0.3 is 0 Å². The molecule has 2 aliphatic rings. The third-order valence-corrected chi connectivity index (χ3v) is 4.12. The van der Waals surface area contributed by atoms with Crippen LogP contribution in [0.2, 0.25) is 0 Å². The summed E-state index contributed by atoms with van der Waals surface area (Å²) in [6, 6.07) is 5.30. The Morgan fingerprint density at radius 2 is 1.90 bits per heavy atom. The molecule has 2 saturated heterocycles. The fourth-order valence-electron chi connectivity index (χ4n) is 2.90. The second-order valence-electron chi connectivity index (χ2n) is 5.48. The largest absolute Gasteiger partial charge is 0.338 e. The molecule has 2 aliphatic heterocycles. The predicted octanol–water partition coefficient (Wildman–Crippen LogP) is 0.118. The third-order valence-electron chi connectivity index (χ3n) is 4.12. The van der Waals surface area contributed by atoms with Crippen molar-refractivity contribution in [1.29, 1.82) is 0 Å². The first-order chi connectivity index (χ1) is 10.3. The Balaban J connectivity index is 1.55. The van der Waals surface area contributed by atoms with Crippen molar-refractivity contribution in [2.45, 2.75) is 18.9 Å². The summed E-state index contributed by atoms with van der Waals surface area (Å²) >= 11 is 0. The molecule has 1 aromatic rings. The van der Waals surface area contributed by atoms with E-state index in [-0.39, 0.29) is 17.9 Å². The summed E-state index contributed by atoms with van der Waals surface area (Å²) in [6.07, 6.45) is 3.61. The number of hydrogen-bond acceptors (Lipinski definition) is 4. The zero-order valence-corrected chi connectivity index (χ0v) is 12.0. The van der Waals surface area contributed by atoms with Gasteiger partial charge in [0.1, 0.15) is 5.69 Å². The maximum Gasteiger partial charge on any atom is 0.272 e. The van der Waals surface area contributed by atoms with E-state index in [0.29, 0.717) is 31.9 Å². The number of hydrogen-bond donors (Lipinski definition) is 1. The molecule has 6 nitrogen and oxygen atoms in total. The van der Waals surface area contributed by atoms with Crippen molar-refractivity contribution in [3.8, 4) is 0 Å². The lowest BCUT2D eigenvalue weighted by molar-refractivity contribution is -0.134. The van der Waals surface area contributed by atoms with E-state index in [4.69, 9.17) is 0 Å². The van der Waals surface area contributed by atoms with E-state index < -0.39 is 0 Å². The van der Waals surface area contributed by atoms with Gasteiger partial charge in [0.05, 0.1) is 6.04 Å². The monoisotopic (exact) mass is 288 g/mol. The summed E-state index contributed by atoms with van der Waals surface area (Å²) in [5.41, 5.74) is 0.467. The molecule has 0 aliphatic carbocycles. The summed E-state index contributed by atoms with van der Waals surface area (Å²) in [7, 11) is 0. The first-order valence-electron chi connectivity index (χ1n) is 7.48. The van der Waals surface area contributed by atoms with Crippen LogP contribution in [0.3, 0.4) is 0 Å². The molecule has 2 amide bonds. The van der Waals surface area contributed by atoms with E-state index >= 15 is 0 Å². The number of rotatable bonds is 2. The molecule has 6 heteroatoms. The molecule has 1 aromatic heterocycles. The summed E-state index contributed by atoms with van der Waals surface area (Å²) in [6.45, 7) is 3.29. The maximum atomic E-state index is 12.3. The molecule has 0 saturated carbocycles. The SMILES string of the molecule is O=C(c1ccccn1)N1CCN(C(=O)C2CCCN2)CC1. The minimum atomic E-state index is -0.0540. The smallest absolute Gasteiger partial charge is 0.272 e. The van der Waals surface area contributed by atoms with Gasteiger partial charge in [0.15, 0.2) is 0 Å².